The maximum absolute atomic E-state index is 13.2. The monoisotopic (exact) mass is 486 g/mol. The summed E-state index contributed by atoms with van der Waals surface area (Å²) in [5.41, 5.74) is 3.12. The predicted molar refractivity (Wildman–Crippen MR) is 137 cm³/mol. The number of thiophene rings is 1. The van der Waals surface area contributed by atoms with Gasteiger partial charge in [0.15, 0.2) is 0 Å². The van der Waals surface area contributed by atoms with Crippen LogP contribution in [-0.4, -0.2) is 75.6 Å². The number of aromatic nitrogens is 3. The van der Waals surface area contributed by atoms with E-state index in [1.807, 2.05) is 35.8 Å². The van der Waals surface area contributed by atoms with Crippen LogP contribution in [0.5, 0.6) is 0 Å². The summed E-state index contributed by atoms with van der Waals surface area (Å²) in [5.74, 6) is -0.747. The molecule has 8 nitrogen and oxygen atoms in total. The van der Waals surface area contributed by atoms with Gasteiger partial charge in [-0.2, -0.15) is 5.10 Å². The third-order valence-corrected chi connectivity index (χ3v) is 8.65. The van der Waals surface area contributed by atoms with Crippen LogP contribution in [0.25, 0.3) is 32.3 Å². The number of carbonyl (C=O) groups is 2. The average Bonchev–Trinajstić information content (AvgIpc) is 3.61. The van der Waals surface area contributed by atoms with Crippen LogP contribution in [-0.2, 0) is 9.59 Å². The maximum Gasteiger partial charge on any atom is 0.261 e. The SMILES string of the molecule is CN1CCN2CCC(n3nc(C4=C(c5c[nH]c6sccc56)C(=O)NC4=O)c4ccccc43)CC2C1. The molecule has 2 atom stereocenters. The second-order valence-electron chi connectivity index (χ2n) is 9.84. The molecule has 3 aliphatic heterocycles. The number of piperazine rings is 1. The minimum atomic E-state index is -0.381. The molecule has 0 radical (unpaired) electrons. The van der Waals surface area contributed by atoms with Crippen LogP contribution in [0.3, 0.4) is 0 Å². The molecular formula is C26H26N6O2S. The van der Waals surface area contributed by atoms with Crippen molar-refractivity contribution in [3.8, 4) is 0 Å². The molecule has 2 unspecified atom stereocenters. The lowest BCUT2D eigenvalue weighted by Gasteiger charge is -2.45. The molecule has 0 spiro atoms. The summed E-state index contributed by atoms with van der Waals surface area (Å²) in [4.78, 5) is 35.4. The first kappa shape index (κ1) is 21.0. The van der Waals surface area contributed by atoms with Gasteiger partial charge in [0.05, 0.1) is 22.7 Å². The van der Waals surface area contributed by atoms with Crippen LogP contribution in [0.15, 0.2) is 41.9 Å². The first-order chi connectivity index (χ1) is 17.1. The predicted octanol–water partition coefficient (Wildman–Crippen LogP) is 3.10. The number of likely N-dealkylation sites (N-methyl/N-ethyl adjacent to an activating group) is 1. The van der Waals surface area contributed by atoms with Crippen molar-refractivity contribution in [2.45, 2.75) is 24.9 Å². The molecule has 1 aromatic carbocycles. The zero-order valence-electron chi connectivity index (χ0n) is 19.5. The minimum absolute atomic E-state index is 0.251. The Labute approximate surface area is 206 Å². The zero-order valence-corrected chi connectivity index (χ0v) is 20.3. The number of fused-ring (bicyclic) bond motifs is 3. The van der Waals surface area contributed by atoms with E-state index in [1.165, 1.54) is 0 Å². The molecule has 4 aromatic rings. The van der Waals surface area contributed by atoms with Gasteiger partial charge in [-0.15, -0.1) is 11.3 Å². The molecule has 7 rings (SSSR count). The number of para-hydroxylation sites is 1. The molecular weight excluding hydrogens is 460 g/mol. The summed E-state index contributed by atoms with van der Waals surface area (Å²) in [7, 11) is 2.19. The van der Waals surface area contributed by atoms with Crippen molar-refractivity contribution in [2.75, 3.05) is 33.2 Å². The van der Waals surface area contributed by atoms with Gasteiger partial charge in [-0.1, -0.05) is 18.2 Å². The number of carbonyl (C=O) groups excluding carboxylic acids is 2. The molecule has 2 N–H and O–H groups in total. The van der Waals surface area contributed by atoms with E-state index in [-0.39, 0.29) is 17.9 Å². The minimum Gasteiger partial charge on any atom is -0.352 e. The van der Waals surface area contributed by atoms with Crippen LogP contribution < -0.4 is 5.32 Å². The molecule has 0 bridgehead atoms. The maximum atomic E-state index is 13.2. The topological polar surface area (TPSA) is 86.3 Å². The highest BCUT2D eigenvalue weighted by molar-refractivity contribution is 7.16. The third-order valence-electron chi connectivity index (χ3n) is 7.80. The van der Waals surface area contributed by atoms with Crippen LogP contribution in [0.4, 0.5) is 0 Å². The number of hydrogen-bond donors (Lipinski definition) is 2. The fourth-order valence-corrected chi connectivity index (χ4v) is 6.85. The van der Waals surface area contributed by atoms with E-state index in [4.69, 9.17) is 5.10 Å². The van der Waals surface area contributed by atoms with Gasteiger partial charge < -0.3 is 9.88 Å². The van der Waals surface area contributed by atoms with E-state index in [0.29, 0.717) is 22.9 Å². The van der Waals surface area contributed by atoms with Gasteiger partial charge >= 0.3 is 0 Å². The van der Waals surface area contributed by atoms with E-state index in [0.717, 1.165) is 65.7 Å². The normalized spacial score (nSPS) is 24.0. The van der Waals surface area contributed by atoms with Crippen molar-refractivity contribution >= 4 is 55.4 Å². The molecule has 2 saturated heterocycles. The van der Waals surface area contributed by atoms with E-state index in [2.05, 4.69) is 37.9 Å². The van der Waals surface area contributed by atoms with E-state index < -0.39 is 0 Å². The smallest absolute Gasteiger partial charge is 0.261 e. The highest BCUT2D eigenvalue weighted by Crippen LogP contribution is 2.39. The van der Waals surface area contributed by atoms with Crippen molar-refractivity contribution < 1.29 is 9.59 Å². The lowest BCUT2D eigenvalue weighted by Crippen LogP contribution is -2.55. The van der Waals surface area contributed by atoms with Gasteiger partial charge in [0, 0.05) is 54.8 Å². The number of piperidine rings is 1. The second kappa shape index (κ2) is 7.87. The lowest BCUT2D eigenvalue weighted by atomic mass is 9.95. The van der Waals surface area contributed by atoms with Crippen LogP contribution in [0, 0.1) is 0 Å². The lowest BCUT2D eigenvalue weighted by molar-refractivity contribution is -0.122. The standard InChI is InChI=1S/C26H26N6O2S/c1-30-9-10-31-8-6-15(12-16(31)14-30)32-20-5-3-2-4-18(20)23(29-32)22-21(24(33)28-25(22)34)19-13-27-26-17(19)7-11-35-26/h2-5,7,11,13,15-16,27H,6,8-10,12,14H2,1H3,(H,28,33,34). The zero-order chi connectivity index (χ0) is 23.7. The van der Waals surface area contributed by atoms with E-state index >= 15 is 0 Å². The fraction of sp³-hybridized carbons (Fsp3) is 0.346. The highest BCUT2D eigenvalue weighted by atomic mass is 32.1. The number of aromatic amines is 1. The summed E-state index contributed by atoms with van der Waals surface area (Å²) in [6, 6.07) is 10.8. The van der Waals surface area contributed by atoms with Crippen molar-refractivity contribution in [3.63, 3.8) is 0 Å². The molecule has 3 aliphatic rings. The number of H-pyrrole nitrogens is 1. The molecule has 3 aromatic heterocycles. The van der Waals surface area contributed by atoms with Gasteiger partial charge in [-0.25, -0.2) is 0 Å². The van der Waals surface area contributed by atoms with Gasteiger partial charge in [0.25, 0.3) is 11.8 Å². The molecule has 6 heterocycles. The van der Waals surface area contributed by atoms with Gasteiger partial charge in [0.2, 0.25) is 0 Å². The Morgan fingerprint density at radius 3 is 2.77 bits per heavy atom. The summed E-state index contributed by atoms with van der Waals surface area (Å²) >= 11 is 1.58. The molecule has 0 saturated carbocycles. The van der Waals surface area contributed by atoms with Crippen LogP contribution in [0.1, 0.15) is 30.1 Å². The number of nitrogens with one attached hydrogen (secondary N) is 2. The number of benzene rings is 1. The first-order valence-corrected chi connectivity index (χ1v) is 13.0. The van der Waals surface area contributed by atoms with E-state index in [9.17, 15) is 9.59 Å². The van der Waals surface area contributed by atoms with Gasteiger partial charge in [-0.3, -0.25) is 24.5 Å². The van der Waals surface area contributed by atoms with E-state index in [1.54, 1.807) is 11.3 Å². The average molecular weight is 487 g/mol. The number of imide groups is 1. The number of amides is 2. The quantitative estimate of drug-likeness (QED) is 0.435. The Bertz CT molecular complexity index is 1530. The highest BCUT2D eigenvalue weighted by Gasteiger charge is 2.38. The molecule has 2 fully saturated rings. The Morgan fingerprint density at radius 2 is 1.86 bits per heavy atom. The molecule has 178 valence electrons. The second-order valence-corrected chi connectivity index (χ2v) is 10.8. The fourth-order valence-electron chi connectivity index (χ4n) is 6.08. The summed E-state index contributed by atoms with van der Waals surface area (Å²) in [6.07, 6.45) is 3.87. The Hall–Kier alpha value is -3.27. The van der Waals surface area contributed by atoms with Crippen LogP contribution >= 0.6 is 11.3 Å². The number of rotatable bonds is 3. The first-order valence-electron chi connectivity index (χ1n) is 12.1. The summed E-state index contributed by atoms with van der Waals surface area (Å²) in [5, 5.41) is 11.4. The van der Waals surface area contributed by atoms with Crippen molar-refractivity contribution in [1.82, 2.24) is 29.9 Å². The third kappa shape index (κ3) is 3.22. The molecule has 2 amide bonds. The Balaban J connectivity index is 1.37. The molecule has 9 heteroatoms. The van der Waals surface area contributed by atoms with Gasteiger partial charge in [0.1, 0.15) is 10.5 Å². The largest absolute Gasteiger partial charge is 0.352 e. The van der Waals surface area contributed by atoms with Crippen LogP contribution in [0.2, 0.25) is 0 Å². The number of hydrogen-bond acceptors (Lipinski definition) is 6. The Kier molecular flexibility index (Phi) is 4.74. The van der Waals surface area contributed by atoms with Gasteiger partial charge in [-0.05, 0) is 37.4 Å². The number of nitrogens with zero attached hydrogens (tertiary/aromatic N) is 4. The van der Waals surface area contributed by atoms with Crippen molar-refractivity contribution in [1.29, 1.82) is 0 Å². The Morgan fingerprint density at radius 1 is 1.00 bits per heavy atom. The van der Waals surface area contributed by atoms with Crippen molar-refractivity contribution in [3.05, 3.63) is 53.2 Å². The summed E-state index contributed by atoms with van der Waals surface area (Å²) < 4.78 is 2.12. The van der Waals surface area contributed by atoms with Crippen molar-refractivity contribution in [2.24, 2.45) is 0 Å². The summed E-state index contributed by atoms with van der Waals surface area (Å²) in [6.45, 7) is 4.36. The molecule has 0 aliphatic carbocycles. The molecule has 35 heavy (non-hydrogen) atoms.